The average Bonchev–Trinajstić information content (AvgIpc) is 1.98. The summed E-state index contributed by atoms with van der Waals surface area (Å²) in [6, 6.07) is 0. The zero-order valence-electron chi connectivity index (χ0n) is 8.61. The van der Waals surface area contributed by atoms with E-state index >= 15 is 0 Å². The summed E-state index contributed by atoms with van der Waals surface area (Å²) in [4.78, 5) is 21.4. The highest BCUT2D eigenvalue weighted by molar-refractivity contribution is 6.01. The minimum absolute atomic E-state index is 0.420. The minimum atomic E-state index is -6.43. The molecule has 0 aromatic carbocycles. The molecule has 1 N–H and O–H groups in total. The summed E-state index contributed by atoms with van der Waals surface area (Å²) in [5.41, 5.74) is 0. The second-order valence-corrected chi connectivity index (χ2v) is 3.40. The Bertz CT molecular complexity index is 319. The molecule has 9 heteroatoms. The molecule has 0 radical (unpaired) electrons. The monoisotopic (exact) mass is 266 g/mol. The first-order valence-corrected chi connectivity index (χ1v) is 4.13. The number of Topliss-reactive ketones (excluding diaryl/α,β-unsaturated/α-hetero) is 2. The lowest BCUT2D eigenvalue weighted by atomic mass is 9.87. The van der Waals surface area contributed by atoms with Crippen LogP contribution in [0.25, 0.3) is 0 Å². The Balaban J connectivity index is 5.67. The first-order chi connectivity index (χ1) is 7.26. The van der Waals surface area contributed by atoms with Gasteiger partial charge in [-0.3, -0.25) is 9.59 Å². The van der Waals surface area contributed by atoms with Crippen molar-refractivity contribution in [3.8, 4) is 0 Å². The average molecular weight is 266 g/mol. The predicted octanol–water partition coefficient (Wildman–Crippen LogP) is 1.64. The topological polar surface area (TPSA) is 54.4 Å². The lowest BCUT2D eigenvalue weighted by molar-refractivity contribution is -0.379. The van der Waals surface area contributed by atoms with E-state index in [-0.39, 0.29) is 0 Å². The fourth-order valence-electron chi connectivity index (χ4n) is 1.21. The number of hydrogen-bond acceptors (Lipinski definition) is 3. The second kappa shape index (κ2) is 4.28. The molecule has 0 aromatic rings. The van der Waals surface area contributed by atoms with E-state index in [1.54, 1.807) is 0 Å². The second-order valence-electron chi connectivity index (χ2n) is 3.40. The molecule has 0 aliphatic heterocycles. The van der Waals surface area contributed by atoms with E-state index in [2.05, 4.69) is 0 Å². The SMILES string of the molecule is CC(=O)C(C(C)=O)C(O)(F)C(F)(F)C(F)(F)F. The molecule has 100 valence electrons. The van der Waals surface area contributed by atoms with E-state index in [4.69, 9.17) is 5.11 Å². The number of rotatable bonds is 4. The van der Waals surface area contributed by atoms with Gasteiger partial charge in [0.1, 0.15) is 17.5 Å². The maximum atomic E-state index is 13.2. The smallest absolute Gasteiger partial charge is 0.356 e. The maximum Gasteiger partial charge on any atom is 0.459 e. The van der Waals surface area contributed by atoms with E-state index in [0.29, 0.717) is 13.8 Å². The van der Waals surface area contributed by atoms with Gasteiger partial charge in [0.05, 0.1) is 0 Å². The Hall–Kier alpha value is -1.12. The standard InChI is InChI=1S/C8H8F6O3/c1-3(15)5(4(2)16)6(9,17)7(10,11)8(12,13)14/h5,17H,1-2H3. The third-order valence-corrected chi connectivity index (χ3v) is 1.99. The summed E-state index contributed by atoms with van der Waals surface area (Å²) in [6.07, 6.45) is -6.43. The van der Waals surface area contributed by atoms with Crippen LogP contribution in [-0.4, -0.2) is 34.6 Å². The molecule has 0 heterocycles. The van der Waals surface area contributed by atoms with Gasteiger partial charge in [-0.15, -0.1) is 0 Å². The molecule has 17 heavy (non-hydrogen) atoms. The molecule has 0 spiro atoms. The van der Waals surface area contributed by atoms with Crippen LogP contribution in [0.4, 0.5) is 26.3 Å². The van der Waals surface area contributed by atoms with Crippen molar-refractivity contribution in [3.63, 3.8) is 0 Å². The lowest BCUT2D eigenvalue weighted by Gasteiger charge is -2.33. The van der Waals surface area contributed by atoms with Crippen LogP contribution in [-0.2, 0) is 9.59 Å². The van der Waals surface area contributed by atoms with Crippen molar-refractivity contribution >= 4 is 11.6 Å². The Morgan fingerprint density at radius 3 is 1.41 bits per heavy atom. The molecule has 0 amide bonds. The van der Waals surface area contributed by atoms with E-state index in [1.165, 1.54) is 0 Å². The molecular formula is C8H8F6O3. The van der Waals surface area contributed by atoms with Gasteiger partial charge in [-0.2, -0.15) is 22.0 Å². The molecule has 1 atom stereocenters. The Morgan fingerprint density at radius 2 is 1.24 bits per heavy atom. The van der Waals surface area contributed by atoms with Crippen LogP contribution >= 0.6 is 0 Å². The van der Waals surface area contributed by atoms with E-state index in [0.717, 1.165) is 0 Å². The van der Waals surface area contributed by atoms with Crippen LogP contribution in [0.2, 0.25) is 0 Å². The van der Waals surface area contributed by atoms with Gasteiger partial charge in [-0.1, -0.05) is 0 Å². The van der Waals surface area contributed by atoms with Gasteiger partial charge >= 0.3 is 12.1 Å². The van der Waals surface area contributed by atoms with Crippen LogP contribution < -0.4 is 0 Å². The minimum Gasteiger partial charge on any atom is -0.356 e. The number of hydrogen-bond donors (Lipinski definition) is 1. The van der Waals surface area contributed by atoms with E-state index in [1.807, 2.05) is 0 Å². The van der Waals surface area contributed by atoms with Gasteiger partial charge in [-0.25, -0.2) is 4.39 Å². The van der Waals surface area contributed by atoms with Crippen molar-refractivity contribution in [3.05, 3.63) is 0 Å². The van der Waals surface area contributed by atoms with E-state index in [9.17, 15) is 35.9 Å². The van der Waals surface area contributed by atoms with Gasteiger partial charge in [0.2, 0.25) is 0 Å². The van der Waals surface area contributed by atoms with Crippen LogP contribution in [0.15, 0.2) is 0 Å². The number of alkyl halides is 6. The van der Waals surface area contributed by atoms with Crippen molar-refractivity contribution in [2.24, 2.45) is 5.92 Å². The highest BCUT2D eigenvalue weighted by Gasteiger charge is 2.75. The van der Waals surface area contributed by atoms with E-state index < -0.39 is 35.4 Å². The Morgan fingerprint density at radius 1 is 0.941 bits per heavy atom. The highest BCUT2D eigenvalue weighted by Crippen LogP contribution is 2.47. The van der Waals surface area contributed by atoms with Crippen molar-refractivity contribution in [1.82, 2.24) is 0 Å². The summed E-state index contributed by atoms with van der Waals surface area (Å²) >= 11 is 0. The third kappa shape index (κ3) is 2.59. The fraction of sp³-hybridized carbons (Fsp3) is 0.750. The van der Waals surface area contributed by atoms with Crippen LogP contribution in [0.3, 0.4) is 0 Å². The molecule has 0 bridgehead atoms. The molecule has 0 saturated carbocycles. The molecule has 0 saturated heterocycles. The third-order valence-electron chi connectivity index (χ3n) is 1.99. The fourth-order valence-corrected chi connectivity index (χ4v) is 1.21. The van der Waals surface area contributed by atoms with Gasteiger partial charge in [0.15, 0.2) is 0 Å². The molecule has 0 aliphatic rings. The normalized spacial score (nSPS) is 16.8. The van der Waals surface area contributed by atoms with Gasteiger partial charge in [-0.05, 0) is 13.8 Å². The summed E-state index contributed by atoms with van der Waals surface area (Å²) in [7, 11) is 0. The summed E-state index contributed by atoms with van der Waals surface area (Å²) in [6.45, 7) is 0.839. The van der Waals surface area contributed by atoms with Crippen LogP contribution in [0.5, 0.6) is 0 Å². The Labute approximate surface area is 91.4 Å². The summed E-state index contributed by atoms with van der Waals surface area (Å²) < 4.78 is 74.0. The van der Waals surface area contributed by atoms with Crippen molar-refractivity contribution in [2.45, 2.75) is 31.8 Å². The molecule has 3 nitrogen and oxygen atoms in total. The number of carbonyl (C=O) groups is 2. The Kier molecular flexibility index (Phi) is 4.00. The molecule has 0 fully saturated rings. The van der Waals surface area contributed by atoms with Crippen LogP contribution in [0, 0.1) is 5.92 Å². The zero-order chi connectivity index (χ0) is 14.2. The highest BCUT2D eigenvalue weighted by atomic mass is 19.4. The molecule has 0 rings (SSSR count). The van der Waals surface area contributed by atoms with Gasteiger partial charge < -0.3 is 5.11 Å². The van der Waals surface area contributed by atoms with Gasteiger partial charge in [0, 0.05) is 0 Å². The van der Waals surface area contributed by atoms with Crippen molar-refractivity contribution in [1.29, 1.82) is 0 Å². The first-order valence-electron chi connectivity index (χ1n) is 4.13. The zero-order valence-corrected chi connectivity index (χ0v) is 8.61. The molecular weight excluding hydrogens is 258 g/mol. The molecule has 0 aliphatic carbocycles. The van der Waals surface area contributed by atoms with Gasteiger partial charge in [0.25, 0.3) is 5.85 Å². The largest absolute Gasteiger partial charge is 0.459 e. The summed E-state index contributed by atoms with van der Waals surface area (Å²) in [5, 5.41) is 8.60. The summed E-state index contributed by atoms with van der Waals surface area (Å²) in [5.74, 6) is -17.9. The number of halogens is 6. The predicted molar refractivity (Wildman–Crippen MR) is 41.9 cm³/mol. The van der Waals surface area contributed by atoms with Crippen molar-refractivity contribution in [2.75, 3.05) is 0 Å². The maximum absolute atomic E-state index is 13.2. The molecule has 0 aromatic heterocycles. The number of ketones is 2. The lowest BCUT2D eigenvalue weighted by Crippen LogP contribution is -2.61. The molecule has 1 unspecified atom stereocenters. The van der Waals surface area contributed by atoms with Crippen LogP contribution in [0.1, 0.15) is 13.8 Å². The van der Waals surface area contributed by atoms with Crippen molar-refractivity contribution < 1.29 is 41.0 Å². The number of carbonyl (C=O) groups excluding carboxylic acids is 2. The number of aliphatic hydroxyl groups is 1. The quantitative estimate of drug-likeness (QED) is 0.621. The first kappa shape index (κ1) is 15.9.